The number of aromatic nitrogens is 1. The average Bonchev–Trinajstić information content (AvgIpc) is 3.06. The van der Waals surface area contributed by atoms with E-state index in [1.54, 1.807) is 0 Å². The third-order valence-corrected chi connectivity index (χ3v) is 5.67. The van der Waals surface area contributed by atoms with Gasteiger partial charge in [0.25, 0.3) is 0 Å². The van der Waals surface area contributed by atoms with E-state index < -0.39 is 0 Å². The number of ether oxygens (including phenoxy) is 1. The Morgan fingerprint density at radius 2 is 1.53 bits per heavy atom. The minimum absolute atomic E-state index is 0.799. The topological polar surface area (TPSA) is 33.0 Å². The van der Waals surface area contributed by atoms with Crippen LogP contribution in [0.4, 0.5) is 17.1 Å². The van der Waals surface area contributed by atoms with Crippen molar-refractivity contribution in [3.8, 4) is 5.69 Å². The zero-order chi connectivity index (χ0) is 21.1. The van der Waals surface area contributed by atoms with Crippen LogP contribution in [0.1, 0.15) is 17.0 Å². The van der Waals surface area contributed by atoms with Gasteiger partial charge in [0, 0.05) is 67.4 Å². The van der Waals surface area contributed by atoms with E-state index in [4.69, 9.17) is 9.73 Å². The molecule has 1 fully saturated rings. The van der Waals surface area contributed by atoms with Crippen molar-refractivity contribution < 1.29 is 4.74 Å². The number of nitrogens with zero attached hydrogens (tertiary/aromatic N) is 4. The molecule has 0 aliphatic carbocycles. The molecule has 0 saturated carbocycles. The highest BCUT2D eigenvalue weighted by Crippen LogP contribution is 2.24. The highest BCUT2D eigenvalue weighted by Gasteiger charge is 2.11. The molecule has 5 heteroatoms. The van der Waals surface area contributed by atoms with Crippen LogP contribution in [0, 0.1) is 13.8 Å². The van der Waals surface area contributed by atoms with Gasteiger partial charge in [-0.2, -0.15) is 0 Å². The standard InChI is InChI=1S/C25H30N4O/c1-19-17-21(20(2)29(19)25-11-9-23(10-12-25)27(3)4)18-26-22-5-7-24(8-6-22)28-13-15-30-16-14-28/h5-12,17-18H,13-16H2,1-4H3. The summed E-state index contributed by atoms with van der Waals surface area (Å²) < 4.78 is 7.71. The average molecular weight is 403 g/mol. The molecule has 5 nitrogen and oxygen atoms in total. The molecule has 0 amide bonds. The predicted octanol–water partition coefficient (Wildman–Crippen LogP) is 4.75. The Balaban J connectivity index is 1.52. The van der Waals surface area contributed by atoms with Gasteiger partial charge >= 0.3 is 0 Å². The van der Waals surface area contributed by atoms with Gasteiger partial charge in [0.1, 0.15) is 0 Å². The first kappa shape index (κ1) is 20.2. The number of anilines is 2. The van der Waals surface area contributed by atoms with Crippen molar-refractivity contribution in [2.75, 3.05) is 50.2 Å². The molecule has 0 atom stereocenters. The Hall–Kier alpha value is -3.05. The SMILES string of the molecule is Cc1cc(C=Nc2ccc(N3CCOCC3)cc2)c(C)n1-c1ccc(N(C)C)cc1. The second-order valence-corrected chi connectivity index (χ2v) is 7.95. The largest absolute Gasteiger partial charge is 0.378 e. The van der Waals surface area contributed by atoms with Crippen LogP contribution in [0.2, 0.25) is 0 Å². The molecular formula is C25H30N4O. The first-order valence-electron chi connectivity index (χ1n) is 10.5. The zero-order valence-corrected chi connectivity index (χ0v) is 18.3. The summed E-state index contributed by atoms with van der Waals surface area (Å²) in [4.78, 5) is 9.19. The first-order valence-corrected chi connectivity index (χ1v) is 10.5. The van der Waals surface area contributed by atoms with Crippen molar-refractivity contribution in [3.63, 3.8) is 0 Å². The van der Waals surface area contributed by atoms with Crippen molar-refractivity contribution in [1.82, 2.24) is 4.57 Å². The first-order chi connectivity index (χ1) is 14.5. The molecule has 4 rings (SSSR count). The van der Waals surface area contributed by atoms with E-state index in [-0.39, 0.29) is 0 Å². The van der Waals surface area contributed by atoms with Gasteiger partial charge in [0.05, 0.1) is 18.9 Å². The maximum atomic E-state index is 5.43. The molecule has 30 heavy (non-hydrogen) atoms. The number of aryl methyl sites for hydroxylation is 1. The third kappa shape index (κ3) is 4.26. The summed E-state index contributed by atoms with van der Waals surface area (Å²) in [6, 6.07) is 19.3. The van der Waals surface area contributed by atoms with Crippen LogP contribution in [0.3, 0.4) is 0 Å². The fraction of sp³-hybridized carbons (Fsp3) is 0.320. The van der Waals surface area contributed by atoms with E-state index in [2.05, 4.69) is 96.9 Å². The zero-order valence-electron chi connectivity index (χ0n) is 18.3. The Bertz CT molecular complexity index is 1010. The summed E-state index contributed by atoms with van der Waals surface area (Å²) in [5.41, 5.74) is 8.10. The van der Waals surface area contributed by atoms with Crippen LogP contribution >= 0.6 is 0 Å². The van der Waals surface area contributed by atoms with Crippen LogP contribution in [0.15, 0.2) is 59.6 Å². The van der Waals surface area contributed by atoms with Crippen LogP contribution in [0.5, 0.6) is 0 Å². The van der Waals surface area contributed by atoms with Gasteiger partial charge in [-0.1, -0.05) is 0 Å². The van der Waals surface area contributed by atoms with E-state index in [1.165, 1.54) is 28.5 Å². The van der Waals surface area contributed by atoms with Crippen molar-refractivity contribution in [2.45, 2.75) is 13.8 Å². The number of rotatable bonds is 5. The van der Waals surface area contributed by atoms with Crippen molar-refractivity contribution >= 4 is 23.3 Å². The molecule has 1 aromatic heterocycles. The molecule has 0 unspecified atom stereocenters. The number of hydrogen-bond acceptors (Lipinski definition) is 4. The lowest BCUT2D eigenvalue weighted by atomic mass is 10.2. The quantitative estimate of drug-likeness (QED) is 0.578. The van der Waals surface area contributed by atoms with Gasteiger partial charge in [-0.05, 0) is 68.4 Å². The second-order valence-electron chi connectivity index (χ2n) is 7.95. The van der Waals surface area contributed by atoms with Crippen molar-refractivity contribution in [2.24, 2.45) is 4.99 Å². The molecule has 2 heterocycles. The Labute approximate surface area is 179 Å². The lowest BCUT2D eigenvalue weighted by molar-refractivity contribution is 0.122. The van der Waals surface area contributed by atoms with Crippen LogP contribution in [-0.4, -0.2) is 51.2 Å². The van der Waals surface area contributed by atoms with E-state index in [9.17, 15) is 0 Å². The van der Waals surface area contributed by atoms with Gasteiger partial charge in [-0.3, -0.25) is 4.99 Å². The highest BCUT2D eigenvalue weighted by atomic mass is 16.5. The summed E-state index contributed by atoms with van der Waals surface area (Å²) in [5, 5.41) is 0. The monoisotopic (exact) mass is 402 g/mol. The maximum absolute atomic E-state index is 5.43. The number of aliphatic imine (C=N–C) groups is 1. The normalized spacial score (nSPS) is 14.5. The molecule has 2 aromatic carbocycles. The summed E-state index contributed by atoms with van der Waals surface area (Å²) in [6.45, 7) is 7.78. The van der Waals surface area contributed by atoms with Gasteiger partial charge in [-0.15, -0.1) is 0 Å². The molecule has 0 radical (unpaired) electrons. The summed E-state index contributed by atoms with van der Waals surface area (Å²) in [6.07, 6.45) is 1.97. The molecular weight excluding hydrogens is 372 g/mol. The van der Waals surface area contributed by atoms with Crippen LogP contribution in [-0.2, 0) is 4.74 Å². The molecule has 1 aliphatic heterocycles. The van der Waals surface area contributed by atoms with Gasteiger partial charge < -0.3 is 19.1 Å². The number of benzene rings is 2. The van der Waals surface area contributed by atoms with Crippen LogP contribution in [0.25, 0.3) is 5.69 Å². The predicted molar refractivity (Wildman–Crippen MR) is 126 cm³/mol. The van der Waals surface area contributed by atoms with Gasteiger partial charge in [0.15, 0.2) is 0 Å². The molecule has 0 bridgehead atoms. The van der Waals surface area contributed by atoms with Gasteiger partial charge in [-0.25, -0.2) is 0 Å². The Morgan fingerprint density at radius 1 is 0.900 bits per heavy atom. The van der Waals surface area contributed by atoms with Crippen molar-refractivity contribution in [3.05, 3.63) is 71.5 Å². The maximum Gasteiger partial charge on any atom is 0.0642 e. The minimum Gasteiger partial charge on any atom is -0.378 e. The summed E-state index contributed by atoms with van der Waals surface area (Å²) >= 11 is 0. The van der Waals surface area contributed by atoms with Crippen LogP contribution < -0.4 is 9.80 Å². The molecule has 3 aromatic rings. The fourth-order valence-electron chi connectivity index (χ4n) is 3.93. The fourth-order valence-corrected chi connectivity index (χ4v) is 3.93. The second kappa shape index (κ2) is 8.76. The lowest BCUT2D eigenvalue weighted by Crippen LogP contribution is -2.36. The minimum atomic E-state index is 0.799. The van der Waals surface area contributed by atoms with E-state index >= 15 is 0 Å². The molecule has 0 N–H and O–H groups in total. The Kier molecular flexibility index (Phi) is 5.91. The molecule has 156 valence electrons. The molecule has 1 saturated heterocycles. The highest BCUT2D eigenvalue weighted by molar-refractivity contribution is 5.84. The van der Waals surface area contributed by atoms with E-state index in [0.29, 0.717) is 0 Å². The summed E-state index contributed by atoms with van der Waals surface area (Å²) in [7, 11) is 4.12. The van der Waals surface area contributed by atoms with E-state index in [1.807, 2.05) is 6.21 Å². The smallest absolute Gasteiger partial charge is 0.0642 e. The number of hydrogen-bond donors (Lipinski definition) is 0. The molecule has 1 aliphatic rings. The van der Waals surface area contributed by atoms with Gasteiger partial charge in [0.2, 0.25) is 0 Å². The summed E-state index contributed by atoms with van der Waals surface area (Å²) in [5.74, 6) is 0. The van der Waals surface area contributed by atoms with E-state index in [0.717, 1.165) is 37.6 Å². The Morgan fingerprint density at radius 3 is 2.17 bits per heavy atom. The number of morpholine rings is 1. The lowest BCUT2D eigenvalue weighted by Gasteiger charge is -2.28. The molecule has 0 spiro atoms. The third-order valence-electron chi connectivity index (χ3n) is 5.67. The van der Waals surface area contributed by atoms with Crippen molar-refractivity contribution in [1.29, 1.82) is 0 Å².